The molecular formula is C54H54Cl2F6N12O5. The van der Waals surface area contributed by atoms with Crippen molar-refractivity contribution in [3.05, 3.63) is 166 Å². The molecule has 79 heavy (non-hydrogen) atoms. The lowest BCUT2D eigenvalue weighted by molar-refractivity contribution is -0.138. The van der Waals surface area contributed by atoms with Gasteiger partial charge in [0.1, 0.15) is 27.3 Å². The van der Waals surface area contributed by atoms with E-state index in [-0.39, 0.29) is 17.3 Å². The molecule has 2 aliphatic rings. The van der Waals surface area contributed by atoms with Crippen LogP contribution >= 0.6 is 23.2 Å². The van der Waals surface area contributed by atoms with Gasteiger partial charge in [0.25, 0.3) is 0 Å². The number of carbonyl (C=O) groups excluding carboxylic acids is 4. The van der Waals surface area contributed by atoms with Crippen LogP contribution in [0.3, 0.4) is 0 Å². The van der Waals surface area contributed by atoms with E-state index in [9.17, 15) is 45.5 Å². The number of piperazine rings is 2. The molecule has 4 N–H and O–H groups in total. The van der Waals surface area contributed by atoms with Crippen LogP contribution in [0.15, 0.2) is 122 Å². The summed E-state index contributed by atoms with van der Waals surface area (Å²) in [4.78, 5) is 74.3. The van der Waals surface area contributed by atoms with Gasteiger partial charge in [0.15, 0.2) is 11.6 Å². The number of para-hydroxylation sites is 2. The first-order chi connectivity index (χ1) is 37.4. The van der Waals surface area contributed by atoms with Crippen LogP contribution in [0.4, 0.5) is 75.1 Å². The number of alkyl halides is 6. The molecule has 2 saturated heterocycles. The highest BCUT2D eigenvalue weighted by Gasteiger charge is 2.33. The van der Waals surface area contributed by atoms with Crippen LogP contribution in [-0.4, -0.2) is 112 Å². The summed E-state index contributed by atoms with van der Waals surface area (Å²) in [5, 5.41) is 11.3. The van der Waals surface area contributed by atoms with Gasteiger partial charge in [-0.3, -0.25) is 10.1 Å². The first kappa shape index (κ1) is 58.5. The minimum atomic E-state index is -4.50. The Morgan fingerprint density at radius 2 is 0.987 bits per heavy atom. The summed E-state index contributed by atoms with van der Waals surface area (Å²) < 4.78 is 83.2. The summed E-state index contributed by atoms with van der Waals surface area (Å²) in [7, 11) is 0. The number of anilines is 6. The zero-order valence-electron chi connectivity index (χ0n) is 42.9. The van der Waals surface area contributed by atoms with E-state index in [0.29, 0.717) is 110 Å². The number of carbonyl (C=O) groups is 4. The second-order valence-electron chi connectivity index (χ2n) is 18.9. The molecule has 0 spiro atoms. The van der Waals surface area contributed by atoms with E-state index in [4.69, 9.17) is 27.9 Å². The van der Waals surface area contributed by atoms with Crippen molar-refractivity contribution in [1.29, 1.82) is 0 Å². The SMILES string of the molecule is C=CC(=O)Nc1ccccc1Cc1ncc(Cl)c(N2CCN(C(=O)Nc3cccc(C(F)(F)F)c3)CC2)n1.CC(C)(C)OC(=O)Nc1ccccc1Cc1ncc(Cl)c(N2CCN(C(=O)Nc3cccc(C(F)(F)F)c3)CC2)n1. The average Bonchev–Trinajstić information content (AvgIpc) is 3.41. The van der Waals surface area contributed by atoms with Crippen molar-refractivity contribution in [3.8, 4) is 0 Å². The number of halogens is 8. The number of nitrogens with one attached hydrogen (secondary N) is 4. The number of hydrogen-bond donors (Lipinski definition) is 4. The fourth-order valence-corrected chi connectivity index (χ4v) is 8.55. The van der Waals surface area contributed by atoms with Gasteiger partial charge in [-0.25, -0.2) is 34.3 Å². The Morgan fingerprint density at radius 3 is 1.38 bits per heavy atom. The summed E-state index contributed by atoms with van der Waals surface area (Å²) in [6.45, 7) is 11.7. The predicted molar refractivity (Wildman–Crippen MR) is 290 cm³/mol. The molecule has 416 valence electrons. The molecule has 0 unspecified atom stereocenters. The van der Waals surface area contributed by atoms with Crippen LogP contribution in [0.1, 0.15) is 54.7 Å². The Kier molecular flexibility index (Phi) is 18.9. The van der Waals surface area contributed by atoms with Gasteiger partial charge in [-0.05, 0) is 86.5 Å². The lowest BCUT2D eigenvalue weighted by Crippen LogP contribution is -2.50. The number of ether oxygens (including phenoxy) is 1. The lowest BCUT2D eigenvalue weighted by atomic mass is 10.1. The van der Waals surface area contributed by atoms with Gasteiger partial charge in [0.2, 0.25) is 5.91 Å². The number of nitrogens with zero attached hydrogens (tertiary/aromatic N) is 8. The molecule has 25 heteroatoms. The molecule has 4 heterocycles. The van der Waals surface area contributed by atoms with Crippen LogP contribution in [0.2, 0.25) is 10.0 Å². The van der Waals surface area contributed by atoms with Gasteiger partial charge in [-0.15, -0.1) is 0 Å². The topological polar surface area (TPSA) is 190 Å². The summed E-state index contributed by atoms with van der Waals surface area (Å²) >= 11 is 12.8. The Bertz CT molecular complexity index is 3160. The maximum absolute atomic E-state index is 13.0. The summed E-state index contributed by atoms with van der Waals surface area (Å²) in [5.74, 6) is 1.67. The third-order valence-corrected chi connectivity index (χ3v) is 12.5. The highest BCUT2D eigenvalue weighted by atomic mass is 35.5. The molecule has 6 aromatic rings. The molecule has 4 aromatic carbocycles. The van der Waals surface area contributed by atoms with Crippen molar-refractivity contribution >= 4 is 81.6 Å². The lowest BCUT2D eigenvalue weighted by Gasteiger charge is -2.35. The molecule has 2 aromatic heterocycles. The molecule has 0 atom stereocenters. The number of hydrogen-bond acceptors (Lipinski definition) is 11. The van der Waals surface area contributed by atoms with Crippen molar-refractivity contribution in [2.24, 2.45) is 0 Å². The Balaban J connectivity index is 0.000000229. The minimum absolute atomic E-state index is 0.0668. The average molecular weight is 1140 g/mol. The molecule has 0 radical (unpaired) electrons. The van der Waals surface area contributed by atoms with E-state index in [1.165, 1.54) is 52.5 Å². The molecule has 0 saturated carbocycles. The molecule has 8 rings (SSSR count). The third kappa shape index (κ3) is 16.7. The second kappa shape index (κ2) is 25.5. The third-order valence-electron chi connectivity index (χ3n) is 12.0. The van der Waals surface area contributed by atoms with Crippen molar-refractivity contribution in [2.45, 2.75) is 51.6 Å². The van der Waals surface area contributed by atoms with Crippen LogP contribution in [0.25, 0.3) is 0 Å². The Morgan fingerprint density at radius 1 is 0.582 bits per heavy atom. The molecule has 17 nitrogen and oxygen atoms in total. The monoisotopic (exact) mass is 1130 g/mol. The van der Waals surface area contributed by atoms with E-state index >= 15 is 0 Å². The van der Waals surface area contributed by atoms with Gasteiger partial charge < -0.3 is 40.3 Å². The maximum atomic E-state index is 13.0. The molecule has 0 aliphatic carbocycles. The molecule has 2 fully saturated rings. The first-order valence-corrected chi connectivity index (χ1v) is 25.3. The van der Waals surface area contributed by atoms with Crippen LogP contribution in [0, 0.1) is 0 Å². The number of benzene rings is 4. The zero-order valence-corrected chi connectivity index (χ0v) is 44.4. The van der Waals surface area contributed by atoms with Gasteiger partial charge in [-0.1, -0.05) is 78.3 Å². The highest BCUT2D eigenvalue weighted by molar-refractivity contribution is 6.33. The fraction of sp³-hybridized carbons (Fsp3) is 0.296. The smallest absolute Gasteiger partial charge is 0.416 e. The normalized spacial score (nSPS) is 13.9. The molecule has 0 bridgehead atoms. The van der Waals surface area contributed by atoms with E-state index in [1.807, 2.05) is 34.1 Å². The summed E-state index contributed by atoms with van der Waals surface area (Å²) in [5.41, 5.74) is 0.612. The minimum Gasteiger partial charge on any atom is -0.444 e. The Hall–Kier alpha value is -8.18. The first-order valence-electron chi connectivity index (χ1n) is 24.5. The van der Waals surface area contributed by atoms with E-state index in [2.05, 4.69) is 47.8 Å². The van der Waals surface area contributed by atoms with Gasteiger partial charge in [0.05, 0.1) is 23.5 Å². The van der Waals surface area contributed by atoms with Gasteiger partial charge in [-0.2, -0.15) is 26.3 Å². The van der Waals surface area contributed by atoms with Gasteiger partial charge in [0, 0.05) is 87.9 Å². The molecular weight excluding hydrogens is 1080 g/mol. The quantitative estimate of drug-likeness (QED) is 0.0713. The predicted octanol–water partition coefficient (Wildman–Crippen LogP) is 11.7. The Labute approximate surface area is 461 Å². The van der Waals surface area contributed by atoms with Crippen molar-refractivity contribution < 1.29 is 50.3 Å². The van der Waals surface area contributed by atoms with Crippen molar-refractivity contribution in [3.63, 3.8) is 0 Å². The maximum Gasteiger partial charge on any atom is 0.416 e. The molecule has 2 aliphatic heterocycles. The second-order valence-corrected chi connectivity index (χ2v) is 19.7. The largest absolute Gasteiger partial charge is 0.444 e. The van der Waals surface area contributed by atoms with Crippen LogP contribution in [-0.2, 0) is 34.7 Å². The fourth-order valence-electron chi connectivity index (χ4n) is 8.13. The van der Waals surface area contributed by atoms with E-state index < -0.39 is 47.2 Å². The number of urea groups is 2. The zero-order chi connectivity index (χ0) is 57.1. The number of aromatic nitrogens is 4. The van der Waals surface area contributed by atoms with E-state index in [0.717, 1.165) is 35.4 Å². The van der Waals surface area contributed by atoms with Crippen molar-refractivity contribution in [1.82, 2.24) is 29.7 Å². The number of rotatable bonds is 11. The summed E-state index contributed by atoms with van der Waals surface area (Å²) in [6.07, 6.45) is -4.70. The van der Waals surface area contributed by atoms with Crippen LogP contribution < -0.4 is 31.1 Å². The standard InChI is InChI=1S/C28H30ClF3N6O3.C26H24ClF3N6O2/c1-27(2,3)41-26(40)35-22-10-5-4-7-18(22)15-23-33-17-21(29)24(36-23)37-11-13-38(14-12-37)25(39)34-20-9-6-8-19(16-20)28(30,31)32;1-2-23(37)33-21-9-4-3-6-17(21)14-22-31-16-20(27)24(34-22)35-10-12-36(13-11-35)25(38)32-19-8-5-7-18(15-19)26(28,29)30/h4-10,16-17H,11-15H2,1-3H3,(H,34,39)(H,35,40);2-9,15-16H,1,10-14H2,(H,32,38)(H,33,37). The molecule has 6 amide bonds. The van der Waals surface area contributed by atoms with Gasteiger partial charge >= 0.3 is 30.5 Å². The summed E-state index contributed by atoms with van der Waals surface area (Å²) in [6, 6.07) is 22.6. The van der Waals surface area contributed by atoms with Crippen LogP contribution in [0.5, 0.6) is 0 Å². The number of amides is 6. The van der Waals surface area contributed by atoms with Crippen molar-refractivity contribution in [2.75, 3.05) is 83.4 Å². The highest BCUT2D eigenvalue weighted by Crippen LogP contribution is 2.33. The van der Waals surface area contributed by atoms with E-state index in [1.54, 1.807) is 45.0 Å².